The number of benzene rings is 2. The molecule has 1 aromatic heterocycles. The van der Waals surface area contributed by atoms with Crippen molar-refractivity contribution in [1.82, 2.24) is 4.73 Å². The van der Waals surface area contributed by atoms with Gasteiger partial charge in [-0.25, -0.2) is 0 Å². The van der Waals surface area contributed by atoms with Crippen LogP contribution in [-0.4, -0.2) is 28.5 Å². The largest absolute Gasteiger partial charge is 0.411 e. The van der Waals surface area contributed by atoms with E-state index in [4.69, 9.17) is 4.84 Å². The van der Waals surface area contributed by atoms with Crippen LogP contribution in [0.2, 0.25) is 0 Å². The lowest BCUT2D eigenvalue weighted by molar-refractivity contribution is -0.104. The molecule has 5 nitrogen and oxygen atoms in total. The molecule has 0 saturated heterocycles. The fourth-order valence-electron chi connectivity index (χ4n) is 2.89. The van der Waals surface area contributed by atoms with Crippen molar-refractivity contribution in [3.63, 3.8) is 0 Å². The molecule has 1 unspecified atom stereocenters. The number of nitrogens with zero attached hydrogens (tertiary/aromatic N) is 1. The van der Waals surface area contributed by atoms with E-state index in [0.29, 0.717) is 5.39 Å². The molecular weight excluding hydrogens is 318 g/mol. The summed E-state index contributed by atoms with van der Waals surface area (Å²) in [6.07, 6.45) is 1.06. The first kappa shape index (κ1) is 16.9. The van der Waals surface area contributed by atoms with Crippen LogP contribution >= 0.6 is 0 Å². The van der Waals surface area contributed by atoms with E-state index >= 15 is 0 Å². The highest BCUT2D eigenvalue weighted by molar-refractivity contribution is 6.35. The van der Waals surface area contributed by atoms with Crippen molar-refractivity contribution in [2.45, 2.75) is 20.0 Å². The number of aliphatic hydroxyl groups excluding tert-OH is 1. The summed E-state index contributed by atoms with van der Waals surface area (Å²) in [5.41, 5.74) is 2.95. The molecule has 5 heteroatoms. The van der Waals surface area contributed by atoms with Crippen molar-refractivity contribution in [2.24, 2.45) is 0 Å². The summed E-state index contributed by atoms with van der Waals surface area (Å²) >= 11 is 0. The van der Waals surface area contributed by atoms with Gasteiger partial charge < -0.3 is 9.94 Å². The number of hydrogen-bond acceptors (Lipinski definition) is 4. The molecule has 0 aliphatic rings. The number of aldehydes is 1. The number of aryl methyl sites for hydroxylation is 2. The third kappa shape index (κ3) is 3.32. The first-order valence-corrected chi connectivity index (χ1v) is 7.99. The number of fused-ring (bicyclic) bond motifs is 1. The molecule has 128 valence electrons. The number of ketones is 1. The summed E-state index contributed by atoms with van der Waals surface area (Å²) in [4.78, 5) is 28.6. The second kappa shape index (κ2) is 6.91. The maximum atomic E-state index is 12.0. The van der Waals surface area contributed by atoms with E-state index < -0.39 is 11.9 Å². The van der Waals surface area contributed by atoms with E-state index in [2.05, 4.69) is 0 Å². The van der Waals surface area contributed by atoms with Crippen LogP contribution in [-0.2, 0) is 4.79 Å². The molecule has 0 saturated carbocycles. The third-order valence-electron chi connectivity index (χ3n) is 4.20. The fraction of sp³-hybridized carbons (Fsp3) is 0.200. The van der Waals surface area contributed by atoms with Crippen LogP contribution in [0.4, 0.5) is 0 Å². The van der Waals surface area contributed by atoms with Gasteiger partial charge in [0.25, 0.3) is 0 Å². The number of hydrogen-bond donors (Lipinski definition) is 1. The number of rotatable bonds is 6. The van der Waals surface area contributed by atoms with Crippen molar-refractivity contribution in [2.75, 3.05) is 6.61 Å². The molecule has 3 aromatic rings. The van der Waals surface area contributed by atoms with Gasteiger partial charge in [0.05, 0.1) is 6.20 Å². The summed E-state index contributed by atoms with van der Waals surface area (Å²) in [5.74, 6) is -0.664. The zero-order valence-corrected chi connectivity index (χ0v) is 14.1. The molecule has 0 radical (unpaired) electrons. The number of Topliss-reactive ketones (excluding diaryl/α,β-unsaturated/α-hetero) is 1. The van der Waals surface area contributed by atoms with Crippen LogP contribution < -0.4 is 4.84 Å². The summed E-state index contributed by atoms with van der Waals surface area (Å²) < 4.78 is 1.27. The van der Waals surface area contributed by atoms with E-state index in [1.165, 1.54) is 4.73 Å². The highest BCUT2D eigenvalue weighted by atomic mass is 16.7. The Kier molecular flexibility index (Phi) is 4.67. The van der Waals surface area contributed by atoms with Gasteiger partial charge in [-0.2, -0.15) is 4.73 Å². The Morgan fingerprint density at radius 3 is 2.76 bits per heavy atom. The molecular formula is C20H19NO4. The summed E-state index contributed by atoms with van der Waals surface area (Å²) in [6.45, 7) is 3.84. The molecule has 1 heterocycles. The SMILES string of the molecule is Cc1ccc(C)c(C(O)COn2cc3ccccc3c2C(=O)C=O)c1. The standard InChI is InChI=1S/C20H19NO4/c1-13-7-8-14(2)17(9-13)19(24)12-25-21-10-15-5-3-4-6-16(15)20(21)18(23)11-22/h3-11,19,24H,12H2,1-2H3. The molecule has 3 rings (SSSR count). The average Bonchev–Trinajstić information content (AvgIpc) is 2.99. The minimum absolute atomic E-state index is 0.0373. The predicted octanol–water partition coefficient (Wildman–Crippen LogP) is 2.80. The Morgan fingerprint density at radius 2 is 2.00 bits per heavy atom. The van der Waals surface area contributed by atoms with Crippen LogP contribution in [0.15, 0.2) is 48.7 Å². The number of carbonyl (C=O) groups excluding carboxylic acids is 2. The van der Waals surface area contributed by atoms with E-state index in [1.807, 2.05) is 44.2 Å². The van der Waals surface area contributed by atoms with Crippen LogP contribution in [0.25, 0.3) is 10.8 Å². The van der Waals surface area contributed by atoms with Crippen LogP contribution in [0, 0.1) is 13.8 Å². The Bertz CT molecular complexity index is 942. The number of aliphatic hydroxyl groups is 1. The van der Waals surface area contributed by atoms with Crippen molar-refractivity contribution in [1.29, 1.82) is 0 Å². The van der Waals surface area contributed by atoms with Crippen molar-refractivity contribution < 1.29 is 19.5 Å². The monoisotopic (exact) mass is 337 g/mol. The minimum atomic E-state index is -0.843. The molecule has 2 aromatic carbocycles. The van der Waals surface area contributed by atoms with E-state index in [-0.39, 0.29) is 18.6 Å². The highest BCUT2D eigenvalue weighted by Gasteiger charge is 2.19. The van der Waals surface area contributed by atoms with Gasteiger partial charge in [-0.05, 0) is 25.0 Å². The van der Waals surface area contributed by atoms with Crippen molar-refractivity contribution in [3.05, 3.63) is 71.0 Å². The van der Waals surface area contributed by atoms with Crippen molar-refractivity contribution >= 4 is 22.8 Å². The number of aromatic nitrogens is 1. The first-order valence-electron chi connectivity index (χ1n) is 7.99. The van der Waals surface area contributed by atoms with Crippen molar-refractivity contribution in [3.8, 4) is 0 Å². The van der Waals surface area contributed by atoms with E-state index in [0.717, 1.165) is 22.1 Å². The van der Waals surface area contributed by atoms with Crippen LogP contribution in [0.3, 0.4) is 0 Å². The summed E-state index contributed by atoms with van der Waals surface area (Å²) in [6, 6.07) is 13.1. The fourth-order valence-corrected chi connectivity index (χ4v) is 2.89. The predicted molar refractivity (Wildman–Crippen MR) is 94.7 cm³/mol. The molecule has 0 aliphatic heterocycles. The molecule has 1 atom stereocenters. The Hall–Kier alpha value is -2.92. The van der Waals surface area contributed by atoms with Gasteiger partial charge >= 0.3 is 0 Å². The number of carbonyl (C=O) groups is 2. The van der Waals surface area contributed by atoms with E-state index in [1.54, 1.807) is 18.3 Å². The normalized spacial score (nSPS) is 12.1. The van der Waals surface area contributed by atoms with Gasteiger partial charge in [0.15, 0.2) is 6.29 Å². The zero-order valence-electron chi connectivity index (χ0n) is 14.1. The lowest BCUT2D eigenvalue weighted by Crippen LogP contribution is -2.22. The van der Waals surface area contributed by atoms with Gasteiger partial charge in [-0.1, -0.05) is 48.0 Å². The smallest absolute Gasteiger partial charge is 0.245 e. The third-order valence-corrected chi connectivity index (χ3v) is 4.20. The second-order valence-corrected chi connectivity index (χ2v) is 6.04. The Balaban J connectivity index is 1.89. The highest BCUT2D eigenvalue weighted by Crippen LogP contribution is 2.22. The molecule has 0 spiro atoms. The Morgan fingerprint density at radius 1 is 1.24 bits per heavy atom. The topological polar surface area (TPSA) is 68.5 Å². The van der Waals surface area contributed by atoms with E-state index in [9.17, 15) is 14.7 Å². The maximum Gasteiger partial charge on any atom is 0.245 e. The second-order valence-electron chi connectivity index (χ2n) is 6.04. The first-order chi connectivity index (χ1) is 12.0. The molecule has 0 fully saturated rings. The summed E-state index contributed by atoms with van der Waals surface area (Å²) in [5, 5.41) is 11.9. The van der Waals surface area contributed by atoms with Gasteiger partial charge in [0, 0.05) is 10.8 Å². The molecule has 1 N–H and O–H groups in total. The summed E-state index contributed by atoms with van der Waals surface area (Å²) in [7, 11) is 0. The van der Waals surface area contributed by atoms with Gasteiger partial charge in [0.1, 0.15) is 18.4 Å². The average molecular weight is 337 g/mol. The zero-order chi connectivity index (χ0) is 18.0. The Labute approximate surface area is 145 Å². The lowest BCUT2D eigenvalue weighted by atomic mass is 10.0. The van der Waals surface area contributed by atoms with Gasteiger partial charge in [-0.15, -0.1) is 0 Å². The lowest BCUT2D eigenvalue weighted by Gasteiger charge is -2.16. The minimum Gasteiger partial charge on any atom is -0.411 e. The van der Waals surface area contributed by atoms with Gasteiger partial charge in [0.2, 0.25) is 5.78 Å². The van der Waals surface area contributed by atoms with Gasteiger partial charge in [-0.3, -0.25) is 9.59 Å². The van der Waals surface area contributed by atoms with Crippen LogP contribution in [0.1, 0.15) is 33.3 Å². The molecule has 0 aliphatic carbocycles. The maximum absolute atomic E-state index is 12.0. The molecule has 25 heavy (non-hydrogen) atoms. The molecule has 0 bridgehead atoms. The van der Waals surface area contributed by atoms with Crippen LogP contribution in [0.5, 0.6) is 0 Å². The molecule has 0 amide bonds. The quantitative estimate of drug-likeness (QED) is 0.427.